The molecule has 3 aromatic carbocycles. The summed E-state index contributed by atoms with van der Waals surface area (Å²) in [6.07, 6.45) is 2.64. The molecule has 0 fully saturated rings. The first kappa shape index (κ1) is 17.4. The predicted octanol–water partition coefficient (Wildman–Crippen LogP) is 4.01. The third kappa shape index (κ3) is 2.76. The van der Waals surface area contributed by atoms with Gasteiger partial charge >= 0.3 is 0 Å². The lowest BCUT2D eigenvalue weighted by Gasteiger charge is -2.36. The van der Waals surface area contributed by atoms with Gasteiger partial charge in [-0.25, -0.2) is 0 Å². The Morgan fingerprint density at radius 1 is 0.759 bits per heavy atom. The molecule has 0 unspecified atom stereocenters. The molecule has 2 heterocycles. The zero-order chi connectivity index (χ0) is 19.7. The fraction of sp³-hybridized carbons (Fsp3) is 0.120. The van der Waals surface area contributed by atoms with E-state index in [9.17, 15) is 4.79 Å². The molecule has 0 bridgehead atoms. The van der Waals surface area contributed by atoms with Crippen LogP contribution in [0.2, 0.25) is 0 Å². The Hall–Kier alpha value is -3.66. The lowest BCUT2D eigenvalue weighted by Crippen LogP contribution is -2.38. The Morgan fingerprint density at radius 3 is 1.69 bits per heavy atom. The van der Waals surface area contributed by atoms with Crippen LogP contribution in [0.25, 0.3) is 0 Å². The van der Waals surface area contributed by atoms with Crippen LogP contribution in [0.3, 0.4) is 0 Å². The third-order valence-electron chi connectivity index (χ3n) is 5.60. The van der Waals surface area contributed by atoms with E-state index in [-0.39, 0.29) is 5.91 Å². The van der Waals surface area contributed by atoms with Gasteiger partial charge in [-0.15, -0.1) is 0 Å². The quantitative estimate of drug-likeness (QED) is 0.545. The van der Waals surface area contributed by atoms with Gasteiger partial charge < -0.3 is 5.32 Å². The van der Waals surface area contributed by atoms with Crippen molar-refractivity contribution >= 4 is 5.91 Å². The van der Waals surface area contributed by atoms with Crippen LogP contribution in [0.1, 0.15) is 32.7 Å². The van der Waals surface area contributed by atoms with Gasteiger partial charge in [0.1, 0.15) is 5.54 Å². The zero-order valence-corrected chi connectivity index (χ0v) is 16.0. The van der Waals surface area contributed by atoms with Gasteiger partial charge in [0.2, 0.25) is 0 Å². The number of rotatable bonds is 4. The molecule has 1 amide bonds. The molecule has 0 saturated carbocycles. The molecule has 0 saturated heterocycles. The van der Waals surface area contributed by atoms with E-state index in [0.29, 0.717) is 12.1 Å². The minimum atomic E-state index is -0.679. The first-order valence-electron chi connectivity index (χ1n) is 9.84. The Kier molecular flexibility index (Phi) is 4.24. The molecule has 1 aliphatic rings. The first-order chi connectivity index (χ1) is 14.3. The van der Waals surface area contributed by atoms with Crippen LogP contribution in [0, 0.1) is 0 Å². The number of aromatic nitrogens is 2. The molecule has 29 heavy (non-hydrogen) atoms. The number of nitrogens with one attached hydrogen (secondary N) is 1. The fourth-order valence-corrected chi connectivity index (χ4v) is 4.28. The van der Waals surface area contributed by atoms with Gasteiger partial charge in [0.25, 0.3) is 5.91 Å². The Morgan fingerprint density at radius 2 is 1.24 bits per heavy atom. The monoisotopic (exact) mass is 379 g/mol. The number of carbonyl (C=O) groups excluding carboxylic acids is 1. The van der Waals surface area contributed by atoms with Crippen molar-refractivity contribution < 1.29 is 4.79 Å². The van der Waals surface area contributed by atoms with Crippen molar-refractivity contribution in [1.82, 2.24) is 15.1 Å². The molecular formula is C25H21N3O. The van der Waals surface area contributed by atoms with E-state index in [2.05, 4.69) is 41.7 Å². The van der Waals surface area contributed by atoms with E-state index in [1.807, 2.05) is 65.5 Å². The number of benzene rings is 3. The van der Waals surface area contributed by atoms with Crippen molar-refractivity contribution in [2.75, 3.05) is 6.54 Å². The van der Waals surface area contributed by atoms with Crippen LogP contribution in [0.5, 0.6) is 0 Å². The van der Waals surface area contributed by atoms with Crippen LogP contribution < -0.4 is 5.32 Å². The Labute approximate surface area is 169 Å². The molecule has 1 aromatic heterocycles. The average Bonchev–Trinajstić information content (AvgIpc) is 3.23. The zero-order valence-electron chi connectivity index (χ0n) is 16.0. The molecule has 1 aliphatic heterocycles. The standard InChI is InChI=1S/C25H21N3O/c29-24-22-18-28(27-23(22)16-17-26-24)25(19-10-4-1-5-11-19,20-12-6-2-7-13-20)21-14-8-3-9-15-21/h1-15,18H,16-17H2,(H,26,29). The summed E-state index contributed by atoms with van der Waals surface area (Å²) in [6.45, 7) is 0.623. The van der Waals surface area contributed by atoms with Crippen LogP contribution in [0.4, 0.5) is 0 Å². The van der Waals surface area contributed by atoms with Gasteiger partial charge in [0.05, 0.1) is 11.3 Å². The van der Waals surface area contributed by atoms with Crippen LogP contribution in [-0.4, -0.2) is 22.2 Å². The lowest BCUT2D eigenvalue weighted by atomic mass is 9.77. The number of hydrogen-bond donors (Lipinski definition) is 1. The fourth-order valence-electron chi connectivity index (χ4n) is 4.28. The van der Waals surface area contributed by atoms with Crippen molar-refractivity contribution in [3.8, 4) is 0 Å². The third-order valence-corrected chi connectivity index (χ3v) is 5.60. The molecule has 142 valence electrons. The number of carbonyl (C=O) groups is 1. The van der Waals surface area contributed by atoms with Gasteiger partial charge in [-0.2, -0.15) is 5.10 Å². The van der Waals surface area contributed by atoms with Gasteiger partial charge in [-0.1, -0.05) is 91.0 Å². The highest BCUT2D eigenvalue weighted by Gasteiger charge is 2.40. The van der Waals surface area contributed by atoms with Crippen LogP contribution >= 0.6 is 0 Å². The van der Waals surface area contributed by atoms with Gasteiger partial charge in [0.15, 0.2) is 0 Å². The minimum absolute atomic E-state index is 0.0550. The van der Waals surface area contributed by atoms with Crippen molar-refractivity contribution in [3.05, 3.63) is 125 Å². The van der Waals surface area contributed by atoms with Gasteiger partial charge in [-0.05, 0) is 16.7 Å². The van der Waals surface area contributed by atoms with E-state index in [4.69, 9.17) is 5.10 Å². The number of fused-ring (bicyclic) bond motifs is 1. The van der Waals surface area contributed by atoms with E-state index in [1.54, 1.807) is 0 Å². The number of nitrogens with zero attached hydrogens (tertiary/aromatic N) is 2. The van der Waals surface area contributed by atoms with Crippen molar-refractivity contribution in [3.63, 3.8) is 0 Å². The van der Waals surface area contributed by atoms with E-state index in [1.165, 1.54) is 0 Å². The maximum atomic E-state index is 12.5. The summed E-state index contributed by atoms with van der Waals surface area (Å²) in [5.74, 6) is -0.0550. The molecule has 4 heteroatoms. The second-order valence-electron chi connectivity index (χ2n) is 7.25. The highest BCUT2D eigenvalue weighted by molar-refractivity contribution is 5.96. The maximum absolute atomic E-state index is 12.5. The number of amides is 1. The molecule has 0 spiro atoms. The average molecular weight is 379 g/mol. The van der Waals surface area contributed by atoms with E-state index in [0.717, 1.165) is 28.8 Å². The van der Waals surface area contributed by atoms with Gasteiger partial charge in [-0.3, -0.25) is 9.48 Å². The highest BCUT2D eigenvalue weighted by Crippen LogP contribution is 2.40. The Bertz CT molecular complexity index is 1040. The molecule has 4 nitrogen and oxygen atoms in total. The highest BCUT2D eigenvalue weighted by atomic mass is 16.1. The van der Waals surface area contributed by atoms with Crippen LogP contribution in [-0.2, 0) is 12.0 Å². The van der Waals surface area contributed by atoms with E-state index < -0.39 is 5.54 Å². The largest absolute Gasteiger partial charge is 0.352 e. The normalized spacial score (nSPS) is 13.6. The van der Waals surface area contributed by atoms with Crippen molar-refractivity contribution in [1.29, 1.82) is 0 Å². The molecular weight excluding hydrogens is 358 g/mol. The molecule has 5 rings (SSSR count). The lowest BCUT2D eigenvalue weighted by molar-refractivity contribution is 0.0946. The predicted molar refractivity (Wildman–Crippen MR) is 113 cm³/mol. The minimum Gasteiger partial charge on any atom is -0.352 e. The topological polar surface area (TPSA) is 46.9 Å². The Balaban J connectivity index is 1.88. The summed E-state index contributed by atoms with van der Waals surface area (Å²) < 4.78 is 1.97. The molecule has 1 N–H and O–H groups in total. The molecule has 0 atom stereocenters. The second-order valence-corrected chi connectivity index (χ2v) is 7.25. The summed E-state index contributed by atoms with van der Waals surface area (Å²) in [4.78, 5) is 12.5. The van der Waals surface area contributed by atoms with Gasteiger partial charge in [0, 0.05) is 19.2 Å². The van der Waals surface area contributed by atoms with Crippen molar-refractivity contribution in [2.45, 2.75) is 12.0 Å². The number of hydrogen-bond acceptors (Lipinski definition) is 2. The van der Waals surface area contributed by atoms with Crippen molar-refractivity contribution in [2.24, 2.45) is 0 Å². The SMILES string of the molecule is O=C1NCCc2nn(C(c3ccccc3)(c3ccccc3)c3ccccc3)cc21. The van der Waals surface area contributed by atoms with Crippen LogP contribution in [0.15, 0.2) is 97.2 Å². The van der Waals surface area contributed by atoms with E-state index >= 15 is 0 Å². The molecule has 0 radical (unpaired) electrons. The second kappa shape index (κ2) is 7.06. The summed E-state index contributed by atoms with van der Waals surface area (Å²) in [6, 6.07) is 31.1. The summed E-state index contributed by atoms with van der Waals surface area (Å²) in [5, 5.41) is 7.89. The molecule has 4 aromatic rings. The smallest absolute Gasteiger partial charge is 0.254 e. The summed E-state index contributed by atoms with van der Waals surface area (Å²) in [5.41, 5.74) is 4.11. The molecule has 0 aliphatic carbocycles. The summed E-state index contributed by atoms with van der Waals surface area (Å²) in [7, 11) is 0. The summed E-state index contributed by atoms with van der Waals surface area (Å²) >= 11 is 0. The maximum Gasteiger partial charge on any atom is 0.254 e. The first-order valence-corrected chi connectivity index (χ1v) is 9.84.